The van der Waals surface area contributed by atoms with Crippen LogP contribution in [-0.2, 0) is 36.5 Å². The highest BCUT2D eigenvalue weighted by Crippen LogP contribution is 2.51. The van der Waals surface area contributed by atoms with Gasteiger partial charge in [0.2, 0.25) is 0 Å². The molecule has 0 spiro atoms. The third kappa shape index (κ3) is 7.18. The predicted octanol–water partition coefficient (Wildman–Crippen LogP) is 11.9. The second-order valence-corrected chi connectivity index (χ2v) is 11.0. The molecule has 0 fully saturated rings. The van der Waals surface area contributed by atoms with E-state index in [2.05, 4.69) is 0 Å². The molecule has 0 heterocycles. The smallest absolute Gasteiger partial charge is 0.339 e. The molecule has 0 saturated heterocycles. The number of benzene rings is 4. The van der Waals surface area contributed by atoms with Gasteiger partial charge in [-0.15, -0.1) is 0 Å². The summed E-state index contributed by atoms with van der Waals surface area (Å²) in [6.07, 6.45) is 4.83. The molecule has 0 unspecified atom stereocenters. The van der Waals surface area contributed by atoms with E-state index in [1.165, 1.54) is 24.3 Å². The Morgan fingerprint density at radius 2 is 0.644 bits per heavy atom. The Morgan fingerprint density at radius 3 is 0.889 bits per heavy atom. The lowest BCUT2D eigenvalue weighted by atomic mass is 9.94. The maximum absolute atomic E-state index is 15.0. The number of unbranched alkanes of at least 4 members (excludes halogenated alkanes) is 2. The summed E-state index contributed by atoms with van der Waals surface area (Å²) in [5.74, 6) is -18.2. The lowest BCUT2D eigenvalue weighted by Crippen LogP contribution is -2.35. The molecular weight excluding hydrogens is 600 g/mol. The molecule has 1 nitrogen and oxygen atoms in total. The highest BCUT2D eigenvalue weighted by molar-refractivity contribution is 5.39. The maximum atomic E-state index is 15.0. The third-order valence-corrected chi connectivity index (χ3v) is 7.73. The molecule has 0 saturated carbocycles. The molecule has 0 radical (unpaired) electrons. The van der Waals surface area contributed by atoms with Crippen LogP contribution in [0, 0.1) is 0 Å². The molecule has 0 atom stereocenters. The average molecular weight is 635 g/mol. The first kappa shape index (κ1) is 34.0. The highest BCUT2D eigenvalue weighted by Gasteiger charge is 2.59. The predicted molar refractivity (Wildman–Crippen MR) is 159 cm³/mol. The number of aryl methyl sites for hydroxylation is 2. The SMILES string of the molecule is CCCCc1ccc(C(F)(F)C(F)(F)c2ccc(Oc3ccc(C(F)(F)C(F)(F)c4ccc(CCCC)cc4)cc3)cc2)cc1. The molecule has 0 amide bonds. The van der Waals surface area contributed by atoms with Gasteiger partial charge >= 0.3 is 23.7 Å². The summed E-state index contributed by atoms with van der Waals surface area (Å²) in [4.78, 5) is 0. The minimum atomic E-state index is -4.55. The molecule has 4 aromatic carbocycles. The fourth-order valence-corrected chi connectivity index (χ4v) is 4.85. The number of alkyl halides is 8. The number of hydrogen-bond donors (Lipinski definition) is 0. The molecule has 0 aliphatic carbocycles. The summed E-state index contributed by atoms with van der Waals surface area (Å²) in [7, 11) is 0. The Bertz CT molecular complexity index is 1390. The second kappa shape index (κ2) is 13.6. The van der Waals surface area contributed by atoms with Gasteiger partial charge in [0.05, 0.1) is 0 Å². The number of ether oxygens (including phenoxy) is 1. The van der Waals surface area contributed by atoms with E-state index in [9.17, 15) is 17.6 Å². The summed E-state index contributed by atoms with van der Waals surface area (Å²) in [6, 6.07) is 17.0. The minimum Gasteiger partial charge on any atom is -0.457 e. The Balaban J connectivity index is 1.45. The number of rotatable bonds is 14. The molecule has 9 heteroatoms. The Hall–Kier alpha value is -3.88. The summed E-state index contributed by atoms with van der Waals surface area (Å²) in [5, 5.41) is 0. The van der Waals surface area contributed by atoms with Gasteiger partial charge in [-0.1, -0.05) is 75.2 Å². The first-order valence-electron chi connectivity index (χ1n) is 14.8. The molecule has 0 aliphatic heterocycles. The van der Waals surface area contributed by atoms with Crippen LogP contribution >= 0.6 is 0 Å². The van der Waals surface area contributed by atoms with Crippen LogP contribution in [-0.4, -0.2) is 0 Å². The molecule has 0 bridgehead atoms. The van der Waals surface area contributed by atoms with Gasteiger partial charge in [-0.2, -0.15) is 35.1 Å². The molecule has 4 rings (SSSR count). The summed E-state index contributed by atoms with van der Waals surface area (Å²) >= 11 is 0. The zero-order valence-corrected chi connectivity index (χ0v) is 24.9. The fraction of sp³-hybridized carbons (Fsp3) is 0.333. The molecule has 45 heavy (non-hydrogen) atoms. The maximum Gasteiger partial charge on any atom is 0.339 e. The molecule has 0 aliphatic rings. The van der Waals surface area contributed by atoms with Crippen molar-refractivity contribution in [3.63, 3.8) is 0 Å². The van der Waals surface area contributed by atoms with Crippen LogP contribution < -0.4 is 4.74 Å². The van der Waals surface area contributed by atoms with Gasteiger partial charge < -0.3 is 4.74 Å². The van der Waals surface area contributed by atoms with Crippen molar-refractivity contribution in [1.29, 1.82) is 0 Å². The normalized spacial score (nSPS) is 12.8. The van der Waals surface area contributed by atoms with Crippen molar-refractivity contribution in [3.8, 4) is 11.5 Å². The van der Waals surface area contributed by atoms with E-state index < -0.39 is 45.9 Å². The minimum absolute atomic E-state index is 0.0499. The molecule has 4 aromatic rings. The van der Waals surface area contributed by atoms with Crippen molar-refractivity contribution in [2.75, 3.05) is 0 Å². The fourth-order valence-electron chi connectivity index (χ4n) is 4.85. The van der Waals surface area contributed by atoms with E-state index in [0.29, 0.717) is 12.8 Å². The van der Waals surface area contributed by atoms with Crippen molar-refractivity contribution in [2.24, 2.45) is 0 Å². The third-order valence-electron chi connectivity index (χ3n) is 7.73. The van der Waals surface area contributed by atoms with Crippen molar-refractivity contribution in [3.05, 3.63) is 130 Å². The number of halogens is 8. The quantitative estimate of drug-likeness (QED) is 0.125. The van der Waals surface area contributed by atoms with Crippen molar-refractivity contribution in [2.45, 2.75) is 76.1 Å². The van der Waals surface area contributed by atoms with Gasteiger partial charge in [0, 0.05) is 22.3 Å². The van der Waals surface area contributed by atoms with Gasteiger partial charge in [0.25, 0.3) is 0 Å². The summed E-state index contributed by atoms with van der Waals surface area (Å²) in [6.45, 7) is 3.97. The Labute approximate surface area is 257 Å². The van der Waals surface area contributed by atoms with Gasteiger partial charge in [0.15, 0.2) is 0 Å². The Kier molecular flexibility index (Phi) is 10.3. The van der Waals surface area contributed by atoms with E-state index in [0.717, 1.165) is 110 Å². The van der Waals surface area contributed by atoms with E-state index in [1.807, 2.05) is 13.8 Å². The van der Waals surface area contributed by atoms with Crippen LogP contribution in [0.5, 0.6) is 11.5 Å². The average Bonchev–Trinajstić information content (AvgIpc) is 3.03. The van der Waals surface area contributed by atoms with E-state index in [1.54, 1.807) is 0 Å². The topological polar surface area (TPSA) is 9.23 Å². The van der Waals surface area contributed by atoms with E-state index in [4.69, 9.17) is 4.74 Å². The lowest BCUT2D eigenvalue weighted by molar-refractivity contribution is -0.223. The van der Waals surface area contributed by atoms with Crippen LogP contribution in [0.25, 0.3) is 0 Å². The zero-order chi connectivity index (χ0) is 32.9. The first-order chi connectivity index (χ1) is 21.2. The Morgan fingerprint density at radius 1 is 0.400 bits per heavy atom. The van der Waals surface area contributed by atoms with Gasteiger partial charge in [-0.3, -0.25) is 0 Å². The van der Waals surface area contributed by atoms with E-state index >= 15 is 17.6 Å². The largest absolute Gasteiger partial charge is 0.457 e. The monoisotopic (exact) mass is 634 g/mol. The van der Waals surface area contributed by atoms with Crippen molar-refractivity contribution < 1.29 is 39.9 Å². The van der Waals surface area contributed by atoms with Crippen molar-refractivity contribution in [1.82, 2.24) is 0 Å². The van der Waals surface area contributed by atoms with Crippen LogP contribution in [0.1, 0.15) is 72.9 Å². The standard InChI is InChI=1S/C36H34F8O/c1-3-5-7-25-9-13-27(14-10-25)33(37,38)35(41,42)29-17-21-31(22-18-29)45-32-23-19-30(20-24-32)36(43,44)34(39,40)28-15-11-26(12-16-28)8-6-4-2/h9-24H,3-8H2,1-2H3. The molecule has 0 aromatic heterocycles. The van der Waals surface area contributed by atoms with Gasteiger partial charge in [-0.05, 0) is 85.3 Å². The highest BCUT2D eigenvalue weighted by atomic mass is 19.3. The van der Waals surface area contributed by atoms with Crippen molar-refractivity contribution >= 4 is 0 Å². The lowest BCUT2D eigenvalue weighted by Gasteiger charge is -2.27. The van der Waals surface area contributed by atoms with Crippen LogP contribution in [0.2, 0.25) is 0 Å². The van der Waals surface area contributed by atoms with Crippen LogP contribution in [0.3, 0.4) is 0 Å². The zero-order valence-electron chi connectivity index (χ0n) is 24.9. The second-order valence-electron chi connectivity index (χ2n) is 11.0. The number of hydrogen-bond acceptors (Lipinski definition) is 1. The van der Waals surface area contributed by atoms with E-state index in [-0.39, 0.29) is 11.5 Å². The molecule has 240 valence electrons. The van der Waals surface area contributed by atoms with Crippen LogP contribution in [0.15, 0.2) is 97.1 Å². The van der Waals surface area contributed by atoms with Crippen LogP contribution in [0.4, 0.5) is 35.1 Å². The molecular formula is C36H34F8O. The first-order valence-corrected chi connectivity index (χ1v) is 14.8. The summed E-state index contributed by atoms with van der Waals surface area (Å²) in [5.41, 5.74) is -1.99. The summed E-state index contributed by atoms with van der Waals surface area (Å²) < 4.78 is 125. The van der Waals surface area contributed by atoms with Gasteiger partial charge in [0.1, 0.15) is 11.5 Å². The van der Waals surface area contributed by atoms with Gasteiger partial charge in [-0.25, -0.2) is 0 Å². The molecule has 0 N–H and O–H groups in total.